The molecule has 0 radical (unpaired) electrons. The Labute approximate surface area is 383 Å². The van der Waals surface area contributed by atoms with Crippen LogP contribution in [0.4, 0.5) is 28.4 Å². The van der Waals surface area contributed by atoms with E-state index in [0.29, 0.717) is 5.92 Å². The van der Waals surface area contributed by atoms with E-state index in [1.165, 1.54) is 66.9 Å². The Morgan fingerprint density at radius 3 is 1.12 bits per heavy atom. The molecule has 0 saturated heterocycles. The summed E-state index contributed by atoms with van der Waals surface area (Å²) in [6, 6.07) is 83.9. The van der Waals surface area contributed by atoms with Crippen molar-refractivity contribution in [1.29, 1.82) is 0 Å². The molecule has 0 bridgehead atoms. The first-order valence-electron chi connectivity index (χ1n) is 22.8. The van der Waals surface area contributed by atoms with Crippen LogP contribution < -0.4 is 9.80 Å². The van der Waals surface area contributed by atoms with Gasteiger partial charge in [0, 0.05) is 45.5 Å². The SMILES string of the molecule is CC1(C)c2cc(N(C3=CCC(c4ccccc4)C=C3)c3ccc(-c4ccccc4)cc3)ccc2-c2ccc(N(c3ccc(-c4ccccc4)cc3)c3ccc(-c4ccccc4)cc3)cc21. The fourth-order valence-corrected chi connectivity index (χ4v) is 9.91. The second-order valence-corrected chi connectivity index (χ2v) is 17.7. The van der Waals surface area contributed by atoms with Crippen LogP contribution in [0.1, 0.15) is 42.9 Å². The van der Waals surface area contributed by atoms with Crippen molar-refractivity contribution in [2.45, 2.75) is 31.6 Å². The first-order valence-corrected chi connectivity index (χ1v) is 22.8. The second kappa shape index (κ2) is 17.0. The van der Waals surface area contributed by atoms with Crippen LogP contribution in [-0.4, -0.2) is 0 Å². The highest BCUT2D eigenvalue weighted by Gasteiger charge is 2.37. The van der Waals surface area contributed by atoms with Gasteiger partial charge in [-0.1, -0.05) is 196 Å². The normalized spacial score (nSPS) is 14.6. The number of hydrogen-bond donors (Lipinski definition) is 0. The monoisotopic (exact) mass is 834 g/mol. The van der Waals surface area contributed by atoms with Gasteiger partial charge >= 0.3 is 0 Å². The molecular weight excluding hydrogens is 785 g/mol. The fraction of sp³-hybridized carbons (Fsp3) is 0.0794. The van der Waals surface area contributed by atoms with Crippen LogP contribution in [0.25, 0.3) is 44.5 Å². The van der Waals surface area contributed by atoms with Crippen LogP contribution in [0.15, 0.2) is 254 Å². The van der Waals surface area contributed by atoms with E-state index >= 15 is 0 Å². The zero-order chi connectivity index (χ0) is 43.7. The quantitative estimate of drug-likeness (QED) is 0.135. The van der Waals surface area contributed by atoms with E-state index < -0.39 is 0 Å². The summed E-state index contributed by atoms with van der Waals surface area (Å²) in [5.41, 5.74) is 20.4. The van der Waals surface area contributed by atoms with Gasteiger partial charge in [-0.2, -0.15) is 0 Å². The van der Waals surface area contributed by atoms with Crippen LogP contribution in [-0.2, 0) is 5.41 Å². The molecule has 11 rings (SSSR count). The molecular formula is C63H50N2. The third kappa shape index (κ3) is 7.68. The molecule has 9 aromatic rings. The molecule has 2 aliphatic rings. The van der Waals surface area contributed by atoms with Crippen molar-refractivity contribution in [1.82, 2.24) is 0 Å². The number of anilines is 5. The second-order valence-electron chi connectivity index (χ2n) is 17.7. The average Bonchev–Trinajstić information content (AvgIpc) is 3.60. The molecule has 2 aliphatic carbocycles. The zero-order valence-corrected chi connectivity index (χ0v) is 36.9. The Hall–Kier alpha value is -7.94. The van der Waals surface area contributed by atoms with Gasteiger partial charge in [-0.15, -0.1) is 0 Å². The summed E-state index contributed by atoms with van der Waals surface area (Å²) in [6.07, 6.45) is 8.05. The van der Waals surface area contributed by atoms with E-state index in [2.05, 4.69) is 272 Å². The summed E-state index contributed by atoms with van der Waals surface area (Å²) >= 11 is 0. The lowest BCUT2D eigenvalue weighted by Gasteiger charge is -2.31. The van der Waals surface area contributed by atoms with Crippen molar-refractivity contribution in [3.05, 3.63) is 271 Å². The van der Waals surface area contributed by atoms with Gasteiger partial charge in [0.15, 0.2) is 0 Å². The van der Waals surface area contributed by atoms with Crippen LogP contribution in [0.5, 0.6) is 0 Å². The number of hydrogen-bond acceptors (Lipinski definition) is 2. The first kappa shape index (κ1) is 39.9. The highest BCUT2D eigenvalue weighted by molar-refractivity contribution is 5.88. The third-order valence-corrected chi connectivity index (χ3v) is 13.4. The minimum absolute atomic E-state index is 0.255. The molecule has 0 aromatic heterocycles. The molecule has 0 spiro atoms. The Morgan fingerprint density at radius 2 is 0.723 bits per heavy atom. The van der Waals surface area contributed by atoms with Gasteiger partial charge in [0.2, 0.25) is 0 Å². The van der Waals surface area contributed by atoms with Gasteiger partial charge < -0.3 is 9.80 Å². The number of nitrogens with zero attached hydrogens (tertiary/aromatic N) is 2. The van der Waals surface area contributed by atoms with Gasteiger partial charge in [-0.3, -0.25) is 0 Å². The first-order chi connectivity index (χ1) is 32.0. The Morgan fingerprint density at radius 1 is 0.369 bits per heavy atom. The molecule has 0 saturated carbocycles. The molecule has 2 heteroatoms. The van der Waals surface area contributed by atoms with Crippen molar-refractivity contribution in [2.75, 3.05) is 9.80 Å². The van der Waals surface area contributed by atoms with Crippen molar-refractivity contribution >= 4 is 28.4 Å². The smallest absolute Gasteiger partial charge is 0.0465 e. The predicted octanol–water partition coefficient (Wildman–Crippen LogP) is 17.2. The summed E-state index contributed by atoms with van der Waals surface area (Å²) in [5, 5.41) is 0. The van der Waals surface area contributed by atoms with Crippen LogP contribution in [0.2, 0.25) is 0 Å². The summed E-state index contributed by atoms with van der Waals surface area (Å²) in [5.74, 6) is 0.355. The highest BCUT2D eigenvalue weighted by atomic mass is 15.2. The standard InChI is InChI=1S/C63H50N2/c1-63(2)61-43-57(64(53-31-23-49(24-32-53)45-15-7-3-8-16-45)54-33-25-50(26-34-54)46-17-9-4-10-18-46)39-41-59(61)60-42-40-58(44-62(60)63)65(55-35-27-51(28-36-55)47-19-11-5-12-20-47)56-37-29-52(30-38-56)48-21-13-6-14-22-48/h3-29,31-44,52H,30H2,1-2H3. The number of allylic oxidation sites excluding steroid dienone is 3. The number of benzene rings is 9. The third-order valence-electron chi connectivity index (χ3n) is 13.4. The van der Waals surface area contributed by atoms with E-state index in [9.17, 15) is 0 Å². The highest BCUT2D eigenvalue weighted by Crippen LogP contribution is 2.52. The van der Waals surface area contributed by atoms with Gasteiger partial charge in [0.1, 0.15) is 0 Å². The summed E-state index contributed by atoms with van der Waals surface area (Å²) in [6.45, 7) is 4.78. The number of fused-ring (bicyclic) bond motifs is 3. The molecule has 0 aliphatic heterocycles. The largest absolute Gasteiger partial charge is 0.311 e. The van der Waals surface area contributed by atoms with Crippen molar-refractivity contribution < 1.29 is 0 Å². The van der Waals surface area contributed by atoms with Gasteiger partial charge in [-0.25, -0.2) is 0 Å². The van der Waals surface area contributed by atoms with Crippen LogP contribution >= 0.6 is 0 Å². The van der Waals surface area contributed by atoms with Crippen molar-refractivity contribution in [3.63, 3.8) is 0 Å². The fourth-order valence-electron chi connectivity index (χ4n) is 9.91. The lowest BCUT2D eigenvalue weighted by molar-refractivity contribution is 0.660. The van der Waals surface area contributed by atoms with Gasteiger partial charge in [0.05, 0.1) is 0 Å². The Balaban J connectivity index is 0.967. The molecule has 65 heavy (non-hydrogen) atoms. The van der Waals surface area contributed by atoms with Crippen LogP contribution in [0.3, 0.4) is 0 Å². The molecule has 0 amide bonds. The minimum atomic E-state index is -0.255. The lowest BCUT2D eigenvalue weighted by atomic mass is 9.82. The van der Waals surface area contributed by atoms with Crippen molar-refractivity contribution in [3.8, 4) is 44.5 Å². The number of rotatable bonds is 10. The van der Waals surface area contributed by atoms with Gasteiger partial charge in [0.25, 0.3) is 0 Å². The maximum absolute atomic E-state index is 2.44. The van der Waals surface area contributed by atoms with E-state index in [1.807, 2.05) is 0 Å². The predicted molar refractivity (Wildman–Crippen MR) is 275 cm³/mol. The molecule has 9 aromatic carbocycles. The molecule has 1 unspecified atom stereocenters. The Kier molecular flexibility index (Phi) is 10.4. The lowest BCUT2D eigenvalue weighted by Crippen LogP contribution is -2.19. The van der Waals surface area contributed by atoms with E-state index in [0.717, 1.165) is 34.9 Å². The molecule has 0 fully saturated rings. The molecule has 0 N–H and O–H groups in total. The molecule has 1 atom stereocenters. The molecule has 0 heterocycles. The Bertz CT molecular complexity index is 3070. The van der Waals surface area contributed by atoms with E-state index in [-0.39, 0.29) is 5.41 Å². The summed E-state index contributed by atoms with van der Waals surface area (Å²) in [7, 11) is 0. The average molecular weight is 835 g/mol. The van der Waals surface area contributed by atoms with E-state index in [4.69, 9.17) is 0 Å². The minimum Gasteiger partial charge on any atom is -0.311 e. The van der Waals surface area contributed by atoms with Gasteiger partial charge in [-0.05, 0) is 134 Å². The maximum Gasteiger partial charge on any atom is 0.0465 e. The van der Waals surface area contributed by atoms with Crippen LogP contribution in [0, 0.1) is 0 Å². The maximum atomic E-state index is 2.44. The topological polar surface area (TPSA) is 6.48 Å². The van der Waals surface area contributed by atoms with E-state index in [1.54, 1.807) is 0 Å². The molecule has 312 valence electrons. The summed E-state index contributed by atoms with van der Waals surface area (Å²) < 4.78 is 0. The zero-order valence-electron chi connectivity index (χ0n) is 36.9. The van der Waals surface area contributed by atoms with Crippen molar-refractivity contribution in [2.24, 2.45) is 0 Å². The molecule has 2 nitrogen and oxygen atoms in total. The summed E-state index contributed by atoms with van der Waals surface area (Å²) in [4.78, 5) is 4.84.